The summed E-state index contributed by atoms with van der Waals surface area (Å²) in [6.07, 6.45) is 13.8. The van der Waals surface area contributed by atoms with Gasteiger partial charge in [-0.3, -0.25) is 0 Å². The van der Waals surface area contributed by atoms with E-state index in [1.54, 1.807) is 0 Å². The molecule has 0 aromatic rings. The molecule has 1 aliphatic rings. The van der Waals surface area contributed by atoms with Crippen LogP contribution in [0, 0.1) is 0 Å². The molecule has 0 radical (unpaired) electrons. The monoisotopic (exact) mass is 286 g/mol. The number of thioether (sulfide) groups is 1. The average Bonchev–Trinajstić information content (AvgIpc) is 2.36. The summed E-state index contributed by atoms with van der Waals surface area (Å²) in [6.45, 7) is 1.17. The first-order valence-corrected chi connectivity index (χ1v) is 9.27. The van der Waals surface area contributed by atoms with Crippen LogP contribution >= 0.6 is 11.8 Å². The van der Waals surface area contributed by atoms with Crippen LogP contribution in [0.2, 0.25) is 0 Å². The second-order valence-corrected chi connectivity index (χ2v) is 7.63. The van der Waals surface area contributed by atoms with Crippen LogP contribution in [0.1, 0.15) is 64.2 Å². The molecule has 2 N–H and O–H groups in total. The zero-order valence-electron chi connectivity index (χ0n) is 13.1. The molecule has 0 spiro atoms. The highest BCUT2D eigenvalue weighted by Crippen LogP contribution is 2.24. The van der Waals surface area contributed by atoms with Crippen LogP contribution < -0.4 is 5.73 Å². The lowest BCUT2D eigenvalue weighted by Crippen LogP contribution is -2.33. The van der Waals surface area contributed by atoms with Crippen molar-refractivity contribution in [3.05, 3.63) is 0 Å². The van der Waals surface area contributed by atoms with Gasteiger partial charge in [0.25, 0.3) is 0 Å². The summed E-state index contributed by atoms with van der Waals surface area (Å²) in [6, 6.07) is 0.423. The van der Waals surface area contributed by atoms with E-state index in [1.807, 2.05) is 0 Å². The van der Waals surface area contributed by atoms with Gasteiger partial charge in [-0.2, -0.15) is 11.8 Å². The van der Waals surface area contributed by atoms with E-state index in [2.05, 4.69) is 30.8 Å². The van der Waals surface area contributed by atoms with Crippen LogP contribution in [0.15, 0.2) is 0 Å². The summed E-state index contributed by atoms with van der Waals surface area (Å²) >= 11 is 2.12. The minimum absolute atomic E-state index is 0.423. The molecule has 0 bridgehead atoms. The van der Waals surface area contributed by atoms with Crippen molar-refractivity contribution in [1.82, 2.24) is 4.90 Å². The summed E-state index contributed by atoms with van der Waals surface area (Å²) in [4.78, 5) is 2.27. The third-order valence-electron chi connectivity index (χ3n) is 4.12. The lowest BCUT2D eigenvalue weighted by molar-refractivity contribution is 0.435. The van der Waals surface area contributed by atoms with Crippen LogP contribution in [0.5, 0.6) is 0 Å². The zero-order chi connectivity index (χ0) is 13.9. The molecule has 114 valence electrons. The molecular formula is C16H34N2S. The molecule has 1 fully saturated rings. The molecule has 0 aromatic carbocycles. The van der Waals surface area contributed by atoms with Gasteiger partial charge in [-0.05, 0) is 26.9 Å². The van der Waals surface area contributed by atoms with Crippen LogP contribution in [0.25, 0.3) is 0 Å². The third kappa shape index (κ3) is 8.93. The zero-order valence-corrected chi connectivity index (χ0v) is 13.9. The third-order valence-corrected chi connectivity index (χ3v) is 5.56. The van der Waals surface area contributed by atoms with E-state index < -0.39 is 0 Å². The SMILES string of the molecule is CN(C)CCSC1CCCCCCCCCCC1N. The molecule has 2 atom stereocenters. The molecule has 1 saturated carbocycles. The highest BCUT2D eigenvalue weighted by atomic mass is 32.2. The van der Waals surface area contributed by atoms with Crippen molar-refractivity contribution in [1.29, 1.82) is 0 Å². The molecule has 2 nitrogen and oxygen atoms in total. The molecule has 1 rings (SSSR count). The predicted octanol–water partition coefficient (Wildman–Crippen LogP) is 3.89. The Morgan fingerprint density at radius 1 is 0.895 bits per heavy atom. The van der Waals surface area contributed by atoms with Crippen molar-refractivity contribution in [3.63, 3.8) is 0 Å². The Morgan fingerprint density at radius 2 is 1.42 bits per heavy atom. The fourth-order valence-electron chi connectivity index (χ4n) is 2.78. The Labute approximate surface area is 124 Å². The number of nitrogens with two attached hydrogens (primary N) is 1. The van der Waals surface area contributed by atoms with Gasteiger partial charge < -0.3 is 10.6 Å². The normalized spacial score (nSPS) is 27.8. The molecular weight excluding hydrogens is 252 g/mol. The smallest absolute Gasteiger partial charge is 0.0199 e. The number of hydrogen-bond donors (Lipinski definition) is 1. The van der Waals surface area contributed by atoms with Crippen LogP contribution in [-0.2, 0) is 0 Å². The quantitative estimate of drug-likeness (QED) is 0.850. The molecule has 0 aromatic heterocycles. The summed E-state index contributed by atoms with van der Waals surface area (Å²) < 4.78 is 0. The Hall–Kier alpha value is 0.270. The summed E-state index contributed by atoms with van der Waals surface area (Å²) in [5, 5.41) is 0.694. The number of rotatable bonds is 4. The molecule has 0 amide bonds. The maximum Gasteiger partial charge on any atom is 0.0199 e. The van der Waals surface area contributed by atoms with Gasteiger partial charge in [0.1, 0.15) is 0 Å². The highest BCUT2D eigenvalue weighted by Gasteiger charge is 2.18. The van der Waals surface area contributed by atoms with Gasteiger partial charge >= 0.3 is 0 Å². The van der Waals surface area contributed by atoms with E-state index >= 15 is 0 Å². The predicted molar refractivity (Wildman–Crippen MR) is 88.9 cm³/mol. The van der Waals surface area contributed by atoms with Gasteiger partial charge in [0.15, 0.2) is 0 Å². The van der Waals surface area contributed by atoms with Crippen molar-refractivity contribution in [2.75, 3.05) is 26.4 Å². The van der Waals surface area contributed by atoms with Crippen LogP contribution in [-0.4, -0.2) is 42.6 Å². The van der Waals surface area contributed by atoms with Gasteiger partial charge in [-0.1, -0.05) is 51.4 Å². The summed E-state index contributed by atoms with van der Waals surface area (Å²) in [5.41, 5.74) is 6.44. The molecule has 1 aliphatic carbocycles. The van der Waals surface area contributed by atoms with E-state index in [-0.39, 0.29) is 0 Å². The average molecular weight is 287 g/mol. The molecule has 0 aliphatic heterocycles. The van der Waals surface area contributed by atoms with Crippen molar-refractivity contribution in [2.24, 2.45) is 5.73 Å². The molecule has 3 heteroatoms. The van der Waals surface area contributed by atoms with E-state index in [1.165, 1.54) is 76.5 Å². The van der Waals surface area contributed by atoms with Gasteiger partial charge in [0.2, 0.25) is 0 Å². The standard InChI is InChI=1S/C16H34N2S/c1-18(2)13-14-19-16-12-10-8-6-4-3-5-7-9-11-15(16)17/h15-16H,3-14,17H2,1-2H3. The first-order valence-electron chi connectivity index (χ1n) is 8.22. The van der Waals surface area contributed by atoms with Crippen LogP contribution in [0.4, 0.5) is 0 Å². The van der Waals surface area contributed by atoms with Crippen molar-refractivity contribution >= 4 is 11.8 Å². The fraction of sp³-hybridized carbons (Fsp3) is 1.00. The van der Waals surface area contributed by atoms with Crippen LogP contribution in [0.3, 0.4) is 0 Å². The second kappa shape index (κ2) is 11.0. The van der Waals surface area contributed by atoms with Gasteiger partial charge in [0, 0.05) is 23.6 Å². The summed E-state index contributed by atoms with van der Waals surface area (Å²) in [7, 11) is 4.31. The number of nitrogens with zero attached hydrogens (tertiary/aromatic N) is 1. The Balaban J connectivity index is 2.33. The first-order chi connectivity index (χ1) is 9.20. The minimum atomic E-state index is 0.423. The van der Waals surface area contributed by atoms with E-state index in [4.69, 9.17) is 5.73 Å². The molecule has 0 heterocycles. The van der Waals surface area contributed by atoms with E-state index in [0.717, 1.165) is 0 Å². The highest BCUT2D eigenvalue weighted by molar-refractivity contribution is 8.00. The molecule has 2 unspecified atom stereocenters. The van der Waals surface area contributed by atoms with Gasteiger partial charge in [-0.25, -0.2) is 0 Å². The Morgan fingerprint density at radius 3 is 2.00 bits per heavy atom. The Kier molecular flexibility index (Phi) is 10.0. The van der Waals surface area contributed by atoms with Crippen molar-refractivity contribution < 1.29 is 0 Å². The topological polar surface area (TPSA) is 29.3 Å². The van der Waals surface area contributed by atoms with Crippen molar-refractivity contribution in [2.45, 2.75) is 75.5 Å². The number of hydrogen-bond acceptors (Lipinski definition) is 3. The maximum atomic E-state index is 6.44. The molecule has 0 saturated heterocycles. The lowest BCUT2D eigenvalue weighted by atomic mass is 9.98. The summed E-state index contributed by atoms with van der Waals surface area (Å²) in [5.74, 6) is 1.23. The largest absolute Gasteiger partial charge is 0.327 e. The lowest BCUT2D eigenvalue weighted by Gasteiger charge is -2.25. The fourth-order valence-corrected chi connectivity index (χ4v) is 4.27. The molecule has 19 heavy (non-hydrogen) atoms. The minimum Gasteiger partial charge on any atom is -0.327 e. The van der Waals surface area contributed by atoms with E-state index in [9.17, 15) is 0 Å². The van der Waals surface area contributed by atoms with Gasteiger partial charge in [-0.15, -0.1) is 0 Å². The maximum absolute atomic E-state index is 6.44. The van der Waals surface area contributed by atoms with Crippen molar-refractivity contribution in [3.8, 4) is 0 Å². The first kappa shape index (κ1) is 17.3. The Bertz CT molecular complexity index is 209. The second-order valence-electron chi connectivity index (χ2n) is 6.28. The van der Waals surface area contributed by atoms with Gasteiger partial charge in [0.05, 0.1) is 0 Å². The van der Waals surface area contributed by atoms with E-state index in [0.29, 0.717) is 11.3 Å².